The second kappa shape index (κ2) is 17.8. The molecule has 2 saturated heterocycles. The maximum atomic E-state index is 6.20. The highest BCUT2D eigenvalue weighted by Gasteiger charge is 2.38. The van der Waals surface area contributed by atoms with Crippen molar-refractivity contribution in [1.82, 2.24) is 25.6 Å². The number of unbranched alkanes of at least 4 members (excludes halogenated alkanes) is 10. The molecular formula is C37H70ClN7. The largest absolute Gasteiger partial charge is 0.354 e. The average molecular weight is 648 g/mol. The predicted molar refractivity (Wildman–Crippen MR) is 194 cm³/mol. The first-order chi connectivity index (χ1) is 21.1. The Labute approximate surface area is 282 Å². The van der Waals surface area contributed by atoms with E-state index in [1.807, 2.05) is 0 Å². The molecule has 0 bridgehead atoms. The Morgan fingerprint density at radius 3 is 1.18 bits per heavy atom. The lowest BCUT2D eigenvalue weighted by Gasteiger charge is -2.46. The van der Waals surface area contributed by atoms with E-state index in [1.54, 1.807) is 0 Å². The van der Waals surface area contributed by atoms with Gasteiger partial charge in [0.25, 0.3) is 0 Å². The molecule has 0 unspecified atom stereocenters. The lowest BCUT2D eigenvalue weighted by Crippen LogP contribution is -2.57. The molecule has 0 saturated carbocycles. The van der Waals surface area contributed by atoms with E-state index in [2.05, 4.69) is 91.6 Å². The minimum Gasteiger partial charge on any atom is -0.354 e. The third kappa shape index (κ3) is 16.0. The van der Waals surface area contributed by atoms with Gasteiger partial charge in [0.05, 0.1) is 0 Å². The SMILES string of the molecule is CC1(C)CC(CCCCCCCCNc2nc(Cl)nc(NCCCCCCCCC3CC(C)(C)NC(C)(C)C3)n2)CC(C)(C)N1. The van der Waals surface area contributed by atoms with Gasteiger partial charge in [-0.1, -0.05) is 77.0 Å². The number of piperidine rings is 2. The molecule has 1 aromatic heterocycles. The van der Waals surface area contributed by atoms with E-state index in [4.69, 9.17) is 11.6 Å². The number of hydrogen-bond acceptors (Lipinski definition) is 7. The van der Waals surface area contributed by atoms with E-state index in [-0.39, 0.29) is 27.4 Å². The van der Waals surface area contributed by atoms with E-state index in [0.29, 0.717) is 11.9 Å². The van der Waals surface area contributed by atoms with Crippen LogP contribution < -0.4 is 21.3 Å². The summed E-state index contributed by atoms with van der Waals surface area (Å²) in [6, 6.07) is 0. The zero-order chi connectivity index (χ0) is 33.0. The Bertz CT molecular complexity index is 887. The van der Waals surface area contributed by atoms with Gasteiger partial charge in [0.1, 0.15) is 0 Å². The molecule has 0 amide bonds. The number of halogens is 1. The molecule has 4 N–H and O–H groups in total. The molecule has 0 atom stereocenters. The summed E-state index contributed by atoms with van der Waals surface area (Å²) in [5, 5.41) is 14.6. The number of aromatic nitrogens is 3. The van der Waals surface area contributed by atoms with Crippen molar-refractivity contribution in [3.8, 4) is 0 Å². The fourth-order valence-corrected chi connectivity index (χ4v) is 9.07. The summed E-state index contributed by atoms with van der Waals surface area (Å²) in [5.41, 5.74) is 1.06. The zero-order valence-electron chi connectivity index (χ0n) is 30.5. The summed E-state index contributed by atoms with van der Waals surface area (Å²) in [4.78, 5) is 13.1. The normalized spacial score (nSPS) is 21.1. The van der Waals surface area contributed by atoms with Crippen LogP contribution in [0.4, 0.5) is 11.9 Å². The smallest absolute Gasteiger partial charge is 0.228 e. The van der Waals surface area contributed by atoms with Crippen molar-refractivity contribution in [1.29, 1.82) is 0 Å². The highest BCUT2D eigenvalue weighted by Crippen LogP contribution is 2.36. The van der Waals surface area contributed by atoms with Crippen molar-refractivity contribution >= 4 is 23.5 Å². The van der Waals surface area contributed by atoms with Crippen LogP contribution in [0.2, 0.25) is 5.28 Å². The molecule has 0 aromatic carbocycles. The standard InChI is InChI=1S/C37H70ClN7/c1-34(2)25-29(26-35(3,4)44-34)21-17-13-9-11-15-19-23-39-32-41-31(38)42-33(43-32)40-24-20-16-12-10-14-18-22-30-27-36(5,6)45-37(7,8)28-30/h29-30,44-45H,9-28H2,1-8H3,(H2,39,40,41,42,43). The van der Waals surface area contributed by atoms with E-state index in [1.165, 1.54) is 103 Å². The minimum absolute atomic E-state index is 0.246. The molecule has 1 aromatic rings. The molecule has 0 aliphatic carbocycles. The molecular weight excluding hydrogens is 578 g/mol. The number of hydrogen-bond donors (Lipinski definition) is 4. The second-order valence-electron chi connectivity index (χ2n) is 17.3. The van der Waals surface area contributed by atoms with Crippen molar-refractivity contribution in [2.24, 2.45) is 11.8 Å². The summed E-state index contributed by atoms with van der Waals surface area (Å²) in [5.74, 6) is 2.87. The molecule has 3 rings (SSSR count). The van der Waals surface area contributed by atoms with Crippen LogP contribution in [0.3, 0.4) is 0 Å². The molecule has 0 radical (unpaired) electrons. The van der Waals surface area contributed by atoms with Crippen LogP contribution in [-0.4, -0.2) is 50.2 Å². The zero-order valence-corrected chi connectivity index (χ0v) is 31.3. The summed E-state index contributed by atoms with van der Waals surface area (Å²) >= 11 is 6.20. The lowest BCUT2D eigenvalue weighted by molar-refractivity contribution is 0.121. The molecule has 3 heterocycles. The number of anilines is 2. The monoisotopic (exact) mass is 648 g/mol. The molecule has 2 aliphatic heterocycles. The van der Waals surface area contributed by atoms with Gasteiger partial charge in [0.2, 0.25) is 17.2 Å². The van der Waals surface area contributed by atoms with Gasteiger partial charge in [0.15, 0.2) is 0 Å². The van der Waals surface area contributed by atoms with Gasteiger partial charge >= 0.3 is 0 Å². The predicted octanol–water partition coefficient (Wildman–Crippen LogP) is 9.92. The van der Waals surface area contributed by atoms with E-state index < -0.39 is 0 Å². The van der Waals surface area contributed by atoms with Crippen molar-refractivity contribution in [2.45, 2.75) is 193 Å². The Balaban J connectivity index is 1.17. The molecule has 0 spiro atoms. The van der Waals surface area contributed by atoms with Crippen molar-refractivity contribution in [2.75, 3.05) is 23.7 Å². The summed E-state index contributed by atoms with van der Waals surface area (Å²) in [6.45, 7) is 20.6. The molecule has 7 nitrogen and oxygen atoms in total. The summed E-state index contributed by atoms with van der Waals surface area (Å²) < 4.78 is 0. The van der Waals surface area contributed by atoms with Crippen LogP contribution in [0.5, 0.6) is 0 Å². The van der Waals surface area contributed by atoms with Gasteiger partial charge in [-0.2, -0.15) is 15.0 Å². The Morgan fingerprint density at radius 1 is 0.511 bits per heavy atom. The fraction of sp³-hybridized carbons (Fsp3) is 0.919. The molecule has 8 heteroatoms. The van der Waals surface area contributed by atoms with Crippen LogP contribution in [0.15, 0.2) is 0 Å². The van der Waals surface area contributed by atoms with Gasteiger partial charge in [-0.05, 0) is 117 Å². The maximum Gasteiger partial charge on any atom is 0.228 e. The van der Waals surface area contributed by atoms with E-state index >= 15 is 0 Å². The lowest BCUT2D eigenvalue weighted by atomic mass is 9.74. The van der Waals surface area contributed by atoms with Crippen LogP contribution in [0.25, 0.3) is 0 Å². The van der Waals surface area contributed by atoms with Gasteiger partial charge in [-0.15, -0.1) is 0 Å². The van der Waals surface area contributed by atoms with Crippen LogP contribution in [-0.2, 0) is 0 Å². The Morgan fingerprint density at radius 2 is 0.822 bits per heavy atom. The van der Waals surface area contributed by atoms with E-state index in [9.17, 15) is 0 Å². The van der Waals surface area contributed by atoms with Gasteiger partial charge in [-0.25, -0.2) is 0 Å². The third-order valence-corrected chi connectivity index (χ3v) is 9.97. The Hall–Kier alpha value is -1.18. The number of rotatable bonds is 20. The third-order valence-electron chi connectivity index (χ3n) is 9.80. The van der Waals surface area contributed by atoms with Crippen molar-refractivity contribution in [3.63, 3.8) is 0 Å². The van der Waals surface area contributed by atoms with Crippen LogP contribution in [0.1, 0.15) is 171 Å². The van der Waals surface area contributed by atoms with Crippen LogP contribution >= 0.6 is 11.6 Å². The first kappa shape index (κ1) is 38.3. The molecule has 2 fully saturated rings. The first-order valence-corrected chi connectivity index (χ1v) is 19.0. The van der Waals surface area contributed by atoms with Crippen molar-refractivity contribution < 1.29 is 0 Å². The minimum atomic E-state index is 0.246. The highest BCUT2D eigenvalue weighted by molar-refractivity contribution is 6.28. The second-order valence-corrected chi connectivity index (χ2v) is 17.6. The van der Waals surface area contributed by atoms with Gasteiger partial charge in [-0.3, -0.25) is 0 Å². The summed E-state index contributed by atoms with van der Waals surface area (Å²) in [6.07, 6.45) is 23.4. The van der Waals surface area contributed by atoms with Gasteiger partial charge in [0, 0.05) is 35.2 Å². The van der Waals surface area contributed by atoms with Crippen LogP contribution in [0, 0.1) is 11.8 Å². The average Bonchev–Trinajstić information content (AvgIpc) is 2.87. The molecule has 45 heavy (non-hydrogen) atoms. The fourth-order valence-electron chi connectivity index (χ4n) is 8.91. The Kier molecular flexibility index (Phi) is 15.2. The number of nitrogens with zero attached hydrogens (tertiary/aromatic N) is 3. The van der Waals surface area contributed by atoms with E-state index in [0.717, 1.165) is 37.8 Å². The molecule has 2 aliphatic rings. The maximum absolute atomic E-state index is 6.20. The first-order valence-electron chi connectivity index (χ1n) is 18.6. The van der Waals surface area contributed by atoms with Gasteiger partial charge < -0.3 is 21.3 Å². The van der Waals surface area contributed by atoms with Crippen molar-refractivity contribution in [3.05, 3.63) is 5.28 Å². The quantitative estimate of drug-likeness (QED) is 0.105. The highest BCUT2D eigenvalue weighted by atomic mass is 35.5. The number of nitrogens with one attached hydrogen (secondary N) is 4. The topological polar surface area (TPSA) is 86.8 Å². The molecule has 260 valence electrons. The summed E-state index contributed by atoms with van der Waals surface area (Å²) in [7, 11) is 0.